The third-order valence-corrected chi connectivity index (χ3v) is 7.43. The van der Waals surface area contributed by atoms with E-state index in [-0.39, 0.29) is 17.7 Å². The third kappa shape index (κ3) is 8.08. The molecule has 0 spiro atoms. The molecular weight excluding hydrogens is 568 g/mol. The molecule has 1 aliphatic rings. The molecule has 1 aliphatic heterocycles. The Morgan fingerprint density at radius 3 is 2.46 bits per heavy atom. The number of ether oxygens (including phenoxy) is 4. The van der Waals surface area contributed by atoms with Crippen LogP contribution in [0.5, 0.6) is 11.5 Å². The van der Waals surface area contributed by atoms with Crippen molar-refractivity contribution in [3.8, 4) is 11.5 Å². The van der Waals surface area contributed by atoms with Gasteiger partial charge >= 0.3 is 5.97 Å². The van der Waals surface area contributed by atoms with Crippen LogP contribution >= 0.6 is 23.4 Å². The van der Waals surface area contributed by atoms with E-state index >= 15 is 0 Å². The first-order chi connectivity index (χ1) is 19.4. The Hall–Kier alpha value is -2.95. The van der Waals surface area contributed by atoms with Crippen molar-refractivity contribution in [3.63, 3.8) is 0 Å². The van der Waals surface area contributed by atoms with Gasteiger partial charge in [0, 0.05) is 28.4 Å². The molecule has 3 atom stereocenters. The molecule has 2 amide bonds. The van der Waals surface area contributed by atoms with Crippen molar-refractivity contribution >= 4 is 46.8 Å². The second-order valence-electron chi connectivity index (χ2n) is 10.9. The molecule has 3 rings (SSSR count). The number of nitrogens with zero attached hydrogens (tertiary/aromatic N) is 1. The zero-order valence-corrected chi connectivity index (χ0v) is 26.2. The monoisotopic (exact) mass is 606 g/mol. The lowest BCUT2D eigenvalue weighted by Crippen LogP contribution is -2.47. The van der Waals surface area contributed by atoms with Crippen LogP contribution in [0.25, 0.3) is 0 Å². The Balaban J connectivity index is 2.11. The number of rotatable bonds is 11. The number of hydrogen-bond acceptors (Lipinski definition) is 8. The van der Waals surface area contributed by atoms with Crippen LogP contribution in [0.2, 0.25) is 5.02 Å². The minimum absolute atomic E-state index is 0.277. The van der Waals surface area contributed by atoms with Gasteiger partial charge in [-0.2, -0.15) is 11.8 Å². The quantitative estimate of drug-likeness (QED) is 0.356. The summed E-state index contributed by atoms with van der Waals surface area (Å²) in [6.07, 6.45) is -0.00863. The van der Waals surface area contributed by atoms with Crippen LogP contribution in [0.4, 0.5) is 5.69 Å². The lowest BCUT2D eigenvalue weighted by molar-refractivity contribution is -0.146. The minimum Gasteiger partial charge on any atom is -0.493 e. The highest BCUT2D eigenvalue weighted by Crippen LogP contribution is 2.45. The summed E-state index contributed by atoms with van der Waals surface area (Å²) in [7, 11) is 4.34. The average molecular weight is 607 g/mol. The molecular formula is C30H39ClN2O7S. The molecule has 11 heteroatoms. The normalized spacial score (nSPS) is 17.8. The fourth-order valence-electron chi connectivity index (χ4n) is 4.75. The van der Waals surface area contributed by atoms with Crippen molar-refractivity contribution < 1.29 is 33.3 Å². The predicted octanol–water partition coefficient (Wildman–Crippen LogP) is 5.03. The van der Waals surface area contributed by atoms with Gasteiger partial charge in [-0.1, -0.05) is 44.5 Å². The number of hydrogen-bond donors (Lipinski definition) is 1. The van der Waals surface area contributed by atoms with Gasteiger partial charge in [-0.3, -0.25) is 9.59 Å². The third-order valence-electron chi connectivity index (χ3n) is 6.56. The van der Waals surface area contributed by atoms with E-state index in [1.165, 1.54) is 21.3 Å². The molecule has 0 bridgehead atoms. The highest BCUT2D eigenvalue weighted by Gasteiger charge is 2.40. The maximum atomic E-state index is 14.1. The van der Waals surface area contributed by atoms with Gasteiger partial charge in [0.25, 0.3) is 5.91 Å². The van der Waals surface area contributed by atoms with Gasteiger partial charge in [-0.15, -0.1) is 0 Å². The van der Waals surface area contributed by atoms with Crippen molar-refractivity contribution in [3.05, 3.63) is 52.5 Å². The van der Waals surface area contributed by atoms with Crippen molar-refractivity contribution in [1.29, 1.82) is 0 Å². The van der Waals surface area contributed by atoms with E-state index in [1.54, 1.807) is 47.0 Å². The minimum atomic E-state index is -1.18. The SMILES string of the molecule is COC(=O)[C@@H](CCSC)NC(=O)C[C@H]1O[C@H](c2cccc(OC)c2OC)c2cc(Cl)ccc2N(CC(C)(C)C)C1=O. The van der Waals surface area contributed by atoms with Crippen LogP contribution in [0.1, 0.15) is 50.8 Å². The first-order valence-corrected chi connectivity index (χ1v) is 15.0. The summed E-state index contributed by atoms with van der Waals surface area (Å²) < 4.78 is 22.7. The second kappa shape index (κ2) is 14.3. The molecule has 1 N–H and O–H groups in total. The molecule has 1 heterocycles. The van der Waals surface area contributed by atoms with Gasteiger partial charge in [-0.05, 0) is 48.1 Å². The van der Waals surface area contributed by atoms with E-state index in [1.807, 2.05) is 33.1 Å². The van der Waals surface area contributed by atoms with Gasteiger partial charge in [0.2, 0.25) is 5.91 Å². The van der Waals surface area contributed by atoms with Crippen molar-refractivity contribution in [2.24, 2.45) is 5.41 Å². The highest BCUT2D eigenvalue weighted by molar-refractivity contribution is 7.98. The van der Waals surface area contributed by atoms with Crippen molar-refractivity contribution in [1.82, 2.24) is 5.32 Å². The van der Waals surface area contributed by atoms with Crippen LogP contribution in [0.15, 0.2) is 36.4 Å². The number of para-hydroxylation sites is 1. The summed E-state index contributed by atoms with van der Waals surface area (Å²) >= 11 is 8.02. The maximum Gasteiger partial charge on any atom is 0.328 e. The molecule has 0 fully saturated rings. The molecule has 9 nitrogen and oxygen atoms in total. The van der Waals surface area contributed by atoms with Crippen molar-refractivity contribution in [2.75, 3.05) is 44.8 Å². The van der Waals surface area contributed by atoms with Gasteiger partial charge in [-0.25, -0.2) is 4.79 Å². The Labute approximate surface area is 251 Å². The molecule has 224 valence electrons. The average Bonchev–Trinajstić information content (AvgIpc) is 3.03. The number of benzene rings is 2. The van der Waals surface area contributed by atoms with Gasteiger partial charge < -0.3 is 29.2 Å². The second-order valence-corrected chi connectivity index (χ2v) is 12.3. The number of nitrogens with one attached hydrogen (secondary N) is 1. The number of anilines is 1. The van der Waals surface area contributed by atoms with E-state index in [4.69, 9.17) is 30.5 Å². The molecule has 2 aromatic carbocycles. The fourth-order valence-corrected chi connectivity index (χ4v) is 5.40. The standard InChI is InChI=1S/C30H39ClN2O7S/c1-30(2,3)17-33-22-12-11-18(31)15-20(22)26(19-9-8-10-23(37-4)27(19)38-5)40-24(28(33)35)16-25(34)32-21(13-14-41-7)29(36)39-6/h8-12,15,21,24,26H,13-14,16-17H2,1-7H3,(H,32,34)/t21-,24-,26-/m1/s1. The molecule has 0 radical (unpaired) electrons. The van der Waals surface area contributed by atoms with E-state index in [9.17, 15) is 14.4 Å². The van der Waals surface area contributed by atoms with Crippen LogP contribution in [0.3, 0.4) is 0 Å². The molecule has 0 unspecified atom stereocenters. The summed E-state index contributed by atoms with van der Waals surface area (Å²) in [5.74, 6) is 0.150. The summed E-state index contributed by atoms with van der Waals surface area (Å²) in [6.45, 7) is 6.44. The highest BCUT2D eigenvalue weighted by atomic mass is 35.5. The molecule has 0 aliphatic carbocycles. The number of halogens is 1. The Morgan fingerprint density at radius 2 is 1.85 bits per heavy atom. The van der Waals surface area contributed by atoms with Crippen LogP contribution < -0.4 is 19.7 Å². The van der Waals surface area contributed by atoms with Gasteiger partial charge in [0.1, 0.15) is 18.2 Å². The van der Waals surface area contributed by atoms with E-state index in [2.05, 4.69) is 5.32 Å². The Morgan fingerprint density at radius 1 is 1.12 bits per heavy atom. The number of fused-ring (bicyclic) bond motifs is 1. The smallest absolute Gasteiger partial charge is 0.328 e. The van der Waals surface area contributed by atoms with Crippen LogP contribution in [0, 0.1) is 5.41 Å². The summed E-state index contributed by atoms with van der Waals surface area (Å²) in [5.41, 5.74) is 1.61. The summed E-state index contributed by atoms with van der Waals surface area (Å²) in [4.78, 5) is 41.4. The molecule has 0 saturated heterocycles. The molecule has 0 aromatic heterocycles. The maximum absolute atomic E-state index is 14.1. The van der Waals surface area contributed by atoms with Crippen LogP contribution in [-0.2, 0) is 23.9 Å². The van der Waals surface area contributed by atoms with Gasteiger partial charge in [0.15, 0.2) is 11.5 Å². The fraction of sp³-hybridized carbons (Fsp3) is 0.500. The predicted molar refractivity (Wildman–Crippen MR) is 161 cm³/mol. The number of carbonyl (C=O) groups is 3. The largest absolute Gasteiger partial charge is 0.493 e. The molecule has 0 saturated carbocycles. The lowest BCUT2D eigenvalue weighted by atomic mass is 9.94. The number of methoxy groups -OCH3 is 3. The summed E-state index contributed by atoms with van der Waals surface area (Å²) in [6, 6.07) is 9.84. The van der Waals surface area contributed by atoms with Gasteiger partial charge in [0.05, 0.1) is 27.8 Å². The first kappa shape index (κ1) is 32.6. The number of carbonyl (C=O) groups excluding carboxylic acids is 3. The lowest BCUT2D eigenvalue weighted by Gasteiger charge is -2.31. The first-order valence-electron chi connectivity index (χ1n) is 13.3. The van der Waals surface area contributed by atoms with Crippen LogP contribution in [-0.4, -0.2) is 69.8 Å². The number of thioether (sulfide) groups is 1. The Kier molecular flexibility index (Phi) is 11.3. The molecule has 2 aromatic rings. The zero-order chi connectivity index (χ0) is 30.3. The number of amides is 2. The zero-order valence-electron chi connectivity index (χ0n) is 24.6. The van der Waals surface area contributed by atoms with E-state index in [0.29, 0.717) is 52.1 Å². The topological polar surface area (TPSA) is 103 Å². The summed E-state index contributed by atoms with van der Waals surface area (Å²) in [5, 5.41) is 3.20. The van der Waals surface area contributed by atoms with Crippen molar-refractivity contribution in [2.45, 2.75) is 51.9 Å². The van der Waals surface area contributed by atoms with E-state index in [0.717, 1.165) is 0 Å². The van der Waals surface area contributed by atoms with E-state index < -0.39 is 30.1 Å². The number of esters is 1. The Bertz CT molecular complexity index is 1250. The molecule has 41 heavy (non-hydrogen) atoms.